The first-order chi connectivity index (χ1) is 8.04. The van der Waals surface area contributed by atoms with E-state index in [0.717, 1.165) is 6.42 Å². The lowest BCUT2D eigenvalue weighted by Crippen LogP contribution is -2.27. The number of nitrogens with one attached hydrogen (secondary N) is 1. The van der Waals surface area contributed by atoms with Gasteiger partial charge in [0, 0.05) is 24.6 Å². The van der Waals surface area contributed by atoms with Crippen molar-refractivity contribution in [2.75, 3.05) is 12.3 Å². The van der Waals surface area contributed by atoms with Crippen LogP contribution in [-0.4, -0.2) is 18.4 Å². The van der Waals surface area contributed by atoms with Crippen molar-refractivity contribution in [1.82, 2.24) is 5.32 Å². The van der Waals surface area contributed by atoms with Crippen LogP contribution in [-0.2, 0) is 0 Å². The van der Waals surface area contributed by atoms with E-state index in [9.17, 15) is 9.18 Å². The molecule has 0 aliphatic rings. The van der Waals surface area contributed by atoms with E-state index >= 15 is 0 Å². The molecule has 1 rings (SSSR count). The lowest BCUT2D eigenvalue weighted by atomic mass is 10.1. The molecule has 0 saturated heterocycles. The van der Waals surface area contributed by atoms with Crippen LogP contribution in [0.15, 0.2) is 18.2 Å². The molecule has 0 radical (unpaired) electrons. The predicted molar refractivity (Wildman–Crippen MR) is 67.5 cm³/mol. The highest BCUT2D eigenvalue weighted by Crippen LogP contribution is 2.13. The normalized spacial score (nSPS) is 12.4. The standard InChI is InChI=1S/C13H19FN2O/c1-3-9(2)16-7-6-13(17)10-4-5-11(14)12(15)8-10/h4-5,8-9,16H,3,6-7,15H2,1-2H3. The number of hydrogen-bond donors (Lipinski definition) is 2. The van der Waals surface area contributed by atoms with Crippen LogP contribution in [0.3, 0.4) is 0 Å². The van der Waals surface area contributed by atoms with Gasteiger partial charge in [-0.1, -0.05) is 6.92 Å². The van der Waals surface area contributed by atoms with Crippen molar-refractivity contribution < 1.29 is 9.18 Å². The SMILES string of the molecule is CCC(C)NCCC(=O)c1ccc(F)c(N)c1. The molecule has 94 valence electrons. The molecule has 1 aromatic carbocycles. The highest BCUT2D eigenvalue weighted by molar-refractivity contribution is 5.96. The quantitative estimate of drug-likeness (QED) is 0.591. The zero-order valence-electron chi connectivity index (χ0n) is 10.3. The monoisotopic (exact) mass is 238 g/mol. The van der Waals surface area contributed by atoms with Gasteiger partial charge in [-0.05, 0) is 31.5 Å². The maximum absolute atomic E-state index is 12.9. The van der Waals surface area contributed by atoms with Crippen molar-refractivity contribution in [2.45, 2.75) is 32.7 Å². The van der Waals surface area contributed by atoms with E-state index in [1.165, 1.54) is 18.2 Å². The van der Waals surface area contributed by atoms with E-state index in [-0.39, 0.29) is 11.5 Å². The van der Waals surface area contributed by atoms with Crippen LogP contribution in [0.5, 0.6) is 0 Å². The second-order valence-corrected chi connectivity index (χ2v) is 4.17. The highest BCUT2D eigenvalue weighted by atomic mass is 19.1. The fraction of sp³-hybridized carbons (Fsp3) is 0.462. The van der Waals surface area contributed by atoms with Crippen molar-refractivity contribution >= 4 is 11.5 Å². The first-order valence-electron chi connectivity index (χ1n) is 5.86. The number of benzene rings is 1. The second kappa shape index (κ2) is 6.35. The summed E-state index contributed by atoms with van der Waals surface area (Å²) in [7, 11) is 0. The number of nitrogen functional groups attached to an aromatic ring is 1. The number of nitrogens with two attached hydrogens (primary N) is 1. The fourth-order valence-electron chi connectivity index (χ4n) is 1.44. The lowest BCUT2D eigenvalue weighted by Gasteiger charge is -2.10. The summed E-state index contributed by atoms with van der Waals surface area (Å²) in [5.41, 5.74) is 5.90. The summed E-state index contributed by atoms with van der Waals surface area (Å²) in [6, 6.07) is 4.49. The third-order valence-corrected chi connectivity index (χ3v) is 2.78. The molecular weight excluding hydrogens is 219 g/mol. The van der Waals surface area contributed by atoms with Crippen molar-refractivity contribution in [3.63, 3.8) is 0 Å². The number of carbonyl (C=O) groups excluding carboxylic acids is 1. The minimum absolute atomic E-state index is 0.0192. The van der Waals surface area contributed by atoms with Gasteiger partial charge in [0.25, 0.3) is 0 Å². The van der Waals surface area contributed by atoms with Crippen molar-refractivity contribution in [1.29, 1.82) is 0 Å². The average molecular weight is 238 g/mol. The summed E-state index contributed by atoms with van der Waals surface area (Å²) in [6.45, 7) is 4.78. The number of Topliss-reactive ketones (excluding diaryl/α,β-unsaturated/α-hetero) is 1. The van der Waals surface area contributed by atoms with E-state index in [2.05, 4.69) is 19.2 Å². The van der Waals surface area contributed by atoms with Crippen molar-refractivity contribution in [3.8, 4) is 0 Å². The lowest BCUT2D eigenvalue weighted by molar-refractivity contribution is 0.0982. The Kier molecular flexibility index (Phi) is 5.10. The Morgan fingerprint density at radius 3 is 2.82 bits per heavy atom. The van der Waals surface area contributed by atoms with E-state index in [1.54, 1.807) is 0 Å². The summed E-state index contributed by atoms with van der Waals surface area (Å²) in [5.74, 6) is -0.508. The minimum Gasteiger partial charge on any atom is -0.396 e. The Bertz CT molecular complexity index is 393. The fourth-order valence-corrected chi connectivity index (χ4v) is 1.44. The maximum Gasteiger partial charge on any atom is 0.164 e. The molecule has 0 bridgehead atoms. The van der Waals surface area contributed by atoms with Crippen molar-refractivity contribution in [3.05, 3.63) is 29.6 Å². The molecule has 1 unspecified atom stereocenters. The minimum atomic E-state index is -0.487. The molecule has 0 spiro atoms. The third-order valence-electron chi connectivity index (χ3n) is 2.78. The molecule has 17 heavy (non-hydrogen) atoms. The maximum atomic E-state index is 12.9. The Morgan fingerprint density at radius 2 is 2.24 bits per heavy atom. The number of anilines is 1. The van der Waals surface area contributed by atoms with Crippen molar-refractivity contribution in [2.24, 2.45) is 0 Å². The first kappa shape index (κ1) is 13.6. The molecule has 4 heteroatoms. The van der Waals surface area contributed by atoms with E-state index in [4.69, 9.17) is 5.73 Å². The Labute approximate surface area is 101 Å². The smallest absolute Gasteiger partial charge is 0.164 e. The molecule has 1 atom stereocenters. The van der Waals surface area contributed by atoms with E-state index < -0.39 is 5.82 Å². The van der Waals surface area contributed by atoms with E-state index in [0.29, 0.717) is 24.6 Å². The van der Waals surface area contributed by atoms with Crippen LogP contribution in [0.4, 0.5) is 10.1 Å². The van der Waals surface area contributed by atoms with Gasteiger partial charge in [0.2, 0.25) is 0 Å². The molecule has 0 aromatic heterocycles. The predicted octanol–water partition coefficient (Wildman–Crippen LogP) is 2.37. The second-order valence-electron chi connectivity index (χ2n) is 4.17. The zero-order valence-corrected chi connectivity index (χ0v) is 10.3. The van der Waals surface area contributed by atoms with E-state index in [1.807, 2.05) is 0 Å². The van der Waals surface area contributed by atoms with Gasteiger partial charge in [-0.25, -0.2) is 4.39 Å². The third kappa shape index (κ3) is 4.15. The van der Waals surface area contributed by atoms with Crippen LogP contribution in [0.25, 0.3) is 0 Å². The molecule has 3 nitrogen and oxygen atoms in total. The first-order valence-corrected chi connectivity index (χ1v) is 5.86. The molecule has 3 N–H and O–H groups in total. The van der Waals surface area contributed by atoms with Gasteiger partial charge in [-0.15, -0.1) is 0 Å². The van der Waals surface area contributed by atoms with Crippen LogP contribution in [0.2, 0.25) is 0 Å². The highest BCUT2D eigenvalue weighted by Gasteiger charge is 2.08. The molecule has 0 saturated carbocycles. The number of rotatable bonds is 6. The van der Waals surface area contributed by atoms with Gasteiger partial charge in [0.05, 0.1) is 5.69 Å². The van der Waals surface area contributed by atoms with Gasteiger partial charge >= 0.3 is 0 Å². The number of hydrogen-bond acceptors (Lipinski definition) is 3. The Morgan fingerprint density at radius 1 is 1.53 bits per heavy atom. The summed E-state index contributed by atoms with van der Waals surface area (Å²) in [4.78, 5) is 11.8. The number of ketones is 1. The van der Waals surface area contributed by atoms with Crippen LogP contribution in [0.1, 0.15) is 37.0 Å². The molecule has 0 aliphatic heterocycles. The zero-order chi connectivity index (χ0) is 12.8. The van der Waals surface area contributed by atoms with Crippen LogP contribution in [0, 0.1) is 5.82 Å². The topological polar surface area (TPSA) is 55.1 Å². The summed E-state index contributed by atoms with van der Waals surface area (Å²) < 4.78 is 12.9. The number of halogens is 1. The molecule has 1 aromatic rings. The van der Waals surface area contributed by atoms with Crippen LogP contribution >= 0.6 is 0 Å². The average Bonchev–Trinajstić information content (AvgIpc) is 2.32. The molecular formula is C13H19FN2O. The van der Waals surface area contributed by atoms with Gasteiger partial charge in [-0.2, -0.15) is 0 Å². The van der Waals surface area contributed by atoms with Gasteiger partial charge < -0.3 is 11.1 Å². The Hall–Kier alpha value is -1.42. The van der Waals surface area contributed by atoms with Crippen LogP contribution < -0.4 is 11.1 Å². The molecule has 0 amide bonds. The summed E-state index contributed by atoms with van der Waals surface area (Å²) in [5, 5.41) is 3.23. The molecule has 0 heterocycles. The van der Waals surface area contributed by atoms with Gasteiger partial charge in [0.15, 0.2) is 5.78 Å². The Balaban J connectivity index is 2.50. The molecule has 0 fully saturated rings. The number of carbonyl (C=O) groups is 1. The van der Waals surface area contributed by atoms with Gasteiger partial charge in [0.1, 0.15) is 5.82 Å². The summed E-state index contributed by atoms with van der Waals surface area (Å²) in [6.07, 6.45) is 1.42. The molecule has 0 aliphatic carbocycles. The summed E-state index contributed by atoms with van der Waals surface area (Å²) >= 11 is 0. The largest absolute Gasteiger partial charge is 0.396 e. The van der Waals surface area contributed by atoms with Gasteiger partial charge in [-0.3, -0.25) is 4.79 Å².